The van der Waals surface area contributed by atoms with Crippen LogP contribution in [0.5, 0.6) is 5.75 Å². The van der Waals surface area contributed by atoms with Crippen LogP contribution in [0.15, 0.2) is 12.1 Å². The first-order valence-corrected chi connectivity index (χ1v) is 5.27. The van der Waals surface area contributed by atoms with Crippen LogP contribution in [-0.4, -0.2) is 33.4 Å². The normalized spacial score (nSPS) is 10.1. The van der Waals surface area contributed by atoms with Gasteiger partial charge in [0.05, 0.1) is 24.4 Å². The quantitative estimate of drug-likeness (QED) is 0.495. The van der Waals surface area contributed by atoms with E-state index in [2.05, 4.69) is 4.74 Å². The molecule has 0 radical (unpaired) electrons. The van der Waals surface area contributed by atoms with Crippen LogP contribution in [0.4, 0.5) is 5.69 Å². The second kappa shape index (κ2) is 6.32. The molecule has 1 aromatic carbocycles. The van der Waals surface area contributed by atoms with Gasteiger partial charge in [-0.3, -0.25) is 0 Å². The Labute approximate surface area is 104 Å². The number of carbonyl (C=O) groups is 1. The predicted molar refractivity (Wildman–Crippen MR) is 64.6 cm³/mol. The Hall–Kier alpha value is -1.46. The number of hydrogen-bond acceptors (Lipinski definition) is 5. The third-order valence-corrected chi connectivity index (χ3v) is 2.38. The van der Waals surface area contributed by atoms with Gasteiger partial charge in [0.2, 0.25) is 0 Å². The van der Waals surface area contributed by atoms with Crippen molar-refractivity contribution in [1.82, 2.24) is 0 Å². The van der Waals surface area contributed by atoms with Crippen molar-refractivity contribution in [3.8, 4) is 5.75 Å². The summed E-state index contributed by atoms with van der Waals surface area (Å²) in [5.41, 5.74) is 6.22. The van der Waals surface area contributed by atoms with E-state index in [0.29, 0.717) is 24.7 Å². The smallest absolute Gasteiger partial charge is 0.341 e. The number of rotatable bonds is 5. The van der Waals surface area contributed by atoms with Gasteiger partial charge < -0.3 is 19.9 Å². The van der Waals surface area contributed by atoms with Gasteiger partial charge in [0, 0.05) is 13.2 Å². The van der Waals surface area contributed by atoms with Gasteiger partial charge in [-0.05, 0) is 6.07 Å². The fourth-order valence-corrected chi connectivity index (χ4v) is 1.36. The summed E-state index contributed by atoms with van der Waals surface area (Å²) in [5.74, 6) is -0.199. The maximum Gasteiger partial charge on any atom is 0.341 e. The molecule has 0 unspecified atom stereocenters. The number of esters is 1. The number of hydrogen-bond donors (Lipinski definition) is 1. The van der Waals surface area contributed by atoms with Crippen molar-refractivity contribution in [2.75, 3.05) is 33.2 Å². The van der Waals surface area contributed by atoms with Crippen molar-refractivity contribution in [1.29, 1.82) is 0 Å². The van der Waals surface area contributed by atoms with Crippen molar-refractivity contribution >= 4 is 23.3 Å². The Morgan fingerprint density at radius 2 is 2.06 bits per heavy atom. The first-order valence-electron chi connectivity index (χ1n) is 4.89. The molecule has 2 N–H and O–H groups in total. The van der Waals surface area contributed by atoms with Gasteiger partial charge in [0.25, 0.3) is 0 Å². The van der Waals surface area contributed by atoms with E-state index < -0.39 is 5.97 Å². The summed E-state index contributed by atoms with van der Waals surface area (Å²) in [6.45, 7) is 0.713. The third kappa shape index (κ3) is 3.51. The van der Waals surface area contributed by atoms with E-state index in [4.69, 9.17) is 26.8 Å². The summed E-state index contributed by atoms with van der Waals surface area (Å²) in [7, 11) is 2.84. The Balaban J connectivity index is 2.99. The highest BCUT2D eigenvalue weighted by atomic mass is 35.5. The van der Waals surface area contributed by atoms with Crippen LogP contribution in [-0.2, 0) is 9.47 Å². The molecule has 0 saturated heterocycles. The summed E-state index contributed by atoms with van der Waals surface area (Å²) >= 11 is 5.84. The molecule has 1 rings (SSSR count). The van der Waals surface area contributed by atoms with Crippen molar-refractivity contribution in [3.05, 3.63) is 22.7 Å². The first kappa shape index (κ1) is 13.6. The monoisotopic (exact) mass is 259 g/mol. The zero-order valence-electron chi connectivity index (χ0n) is 9.66. The molecule has 5 nitrogen and oxygen atoms in total. The zero-order valence-corrected chi connectivity index (χ0v) is 10.4. The lowest BCUT2D eigenvalue weighted by Gasteiger charge is -2.11. The van der Waals surface area contributed by atoms with Crippen molar-refractivity contribution in [2.45, 2.75) is 0 Å². The molecule has 0 aliphatic heterocycles. The maximum atomic E-state index is 11.5. The summed E-state index contributed by atoms with van der Waals surface area (Å²) in [6, 6.07) is 2.91. The van der Waals surface area contributed by atoms with E-state index in [1.165, 1.54) is 19.2 Å². The fourth-order valence-electron chi connectivity index (χ4n) is 1.19. The molecule has 6 heteroatoms. The zero-order chi connectivity index (χ0) is 12.8. The topological polar surface area (TPSA) is 70.8 Å². The molecular weight excluding hydrogens is 246 g/mol. The Morgan fingerprint density at radius 3 is 2.65 bits per heavy atom. The average molecular weight is 260 g/mol. The predicted octanol–water partition coefficient (Wildman–Crippen LogP) is 1.73. The summed E-state index contributed by atoms with van der Waals surface area (Å²) < 4.78 is 14.8. The van der Waals surface area contributed by atoms with Gasteiger partial charge in [-0.25, -0.2) is 4.79 Å². The number of carbonyl (C=O) groups excluding carboxylic acids is 1. The lowest BCUT2D eigenvalue weighted by molar-refractivity contribution is 0.0594. The highest BCUT2D eigenvalue weighted by molar-refractivity contribution is 6.33. The van der Waals surface area contributed by atoms with Gasteiger partial charge in [0.15, 0.2) is 0 Å². The molecule has 0 heterocycles. The van der Waals surface area contributed by atoms with E-state index in [0.717, 1.165) is 0 Å². The standard InChI is InChI=1S/C11H14ClNO4/c1-15-3-4-17-10-6-9(13)8(12)5-7(10)11(14)16-2/h5-6H,3-4,13H2,1-2H3. The molecule has 0 aliphatic rings. The molecule has 0 atom stereocenters. The fraction of sp³-hybridized carbons (Fsp3) is 0.364. The maximum absolute atomic E-state index is 11.5. The molecule has 0 aliphatic carbocycles. The number of benzene rings is 1. The van der Waals surface area contributed by atoms with E-state index in [1.807, 2.05) is 0 Å². The van der Waals surface area contributed by atoms with Gasteiger partial charge in [-0.2, -0.15) is 0 Å². The summed E-state index contributed by atoms with van der Waals surface area (Å²) in [6.07, 6.45) is 0. The first-order chi connectivity index (χ1) is 8.10. The van der Waals surface area contributed by atoms with Gasteiger partial charge in [0.1, 0.15) is 17.9 Å². The third-order valence-electron chi connectivity index (χ3n) is 2.05. The van der Waals surface area contributed by atoms with Crippen LogP contribution >= 0.6 is 11.6 Å². The van der Waals surface area contributed by atoms with E-state index in [-0.39, 0.29) is 10.6 Å². The van der Waals surface area contributed by atoms with Gasteiger partial charge >= 0.3 is 5.97 Å². The number of ether oxygens (including phenoxy) is 3. The van der Waals surface area contributed by atoms with Crippen LogP contribution in [0.25, 0.3) is 0 Å². The van der Waals surface area contributed by atoms with Crippen molar-refractivity contribution < 1.29 is 19.0 Å². The highest BCUT2D eigenvalue weighted by Crippen LogP contribution is 2.29. The molecule has 1 aromatic rings. The second-order valence-corrected chi connectivity index (χ2v) is 3.61. The minimum absolute atomic E-state index is 0.239. The van der Waals surface area contributed by atoms with Gasteiger partial charge in [-0.1, -0.05) is 11.6 Å². The van der Waals surface area contributed by atoms with E-state index in [1.54, 1.807) is 7.11 Å². The second-order valence-electron chi connectivity index (χ2n) is 3.20. The number of nitrogen functional groups attached to an aromatic ring is 1. The molecule has 0 saturated carbocycles. The molecule has 0 amide bonds. The largest absolute Gasteiger partial charge is 0.490 e. The van der Waals surface area contributed by atoms with E-state index in [9.17, 15) is 4.79 Å². The minimum Gasteiger partial charge on any atom is -0.490 e. The van der Waals surface area contributed by atoms with Crippen molar-refractivity contribution in [3.63, 3.8) is 0 Å². The number of nitrogens with two attached hydrogens (primary N) is 1. The lowest BCUT2D eigenvalue weighted by atomic mass is 10.2. The summed E-state index contributed by atoms with van der Waals surface area (Å²) in [5, 5.41) is 0.282. The number of halogens is 1. The van der Waals surface area contributed by atoms with Crippen molar-refractivity contribution in [2.24, 2.45) is 0 Å². The van der Waals surface area contributed by atoms with E-state index >= 15 is 0 Å². The molecule has 94 valence electrons. The molecular formula is C11H14ClNO4. The lowest BCUT2D eigenvalue weighted by Crippen LogP contribution is -2.10. The summed E-state index contributed by atoms with van der Waals surface area (Å²) in [4.78, 5) is 11.5. The molecule has 17 heavy (non-hydrogen) atoms. The number of anilines is 1. The molecule has 0 bridgehead atoms. The SMILES string of the molecule is COCCOc1cc(N)c(Cl)cc1C(=O)OC. The van der Waals surface area contributed by atoms with Gasteiger partial charge in [-0.15, -0.1) is 0 Å². The Kier molecular flexibility index (Phi) is 5.06. The van der Waals surface area contributed by atoms with Crippen LogP contribution in [0.3, 0.4) is 0 Å². The molecule has 0 spiro atoms. The highest BCUT2D eigenvalue weighted by Gasteiger charge is 2.15. The molecule has 0 aromatic heterocycles. The van der Waals surface area contributed by atoms with Crippen LogP contribution in [0, 0.1) is 0 Å². The van der Waals surface area contributed by atoms with Crippen LogP contribution in [0.2, 0.25) is 5.02 Å². The van der Waals surface area contributed by atoms with Crippen LogP contribution < -0.4 is 10.5 Å². The Morgan fingerprint density at radius 1 is 1.35 bits per heavy atom. The van der Waals surface area contributed by atoms with Crippen LogP contribution in [0.1, 0.15) is 10.4 Å². The number of methoxy groups -OCH3 is 2. The average Bonchev–Trinajstić information content (AvgIpc) is 2.32. The molecule has 0 fully saturated rings. The Bertz CT molecular complexity index is 409. The minimum atomic E-state index is -0.528.